The molecule has 2 heteroatoms. The first kappa shape index (κ1) is 14.1. The van der Waals surface area contributed by atoms with Crippen molar-refractivity contribution < 1.29 is 0 Å². The summed E-state index contributed by atoms with van der Waals surface area (Å²) in [6.45, 7) is 6.94. The third-order valence-electron chi connectivity index (χ3n) is 5.16. The molecule has 1 saturated heterocycles. The molecule has 1 heterocycles. The smallest absolute Gasteiger partial charge is 0.0237 e. The summed E-state index contributed by atoms with van der Waals surface area (Å²) in [5, 5.41) is 3.78. The molecule has 1 N–H and O–H groups in total. The lowest BCUT2D eigenvalue weighted by Crippen LogP contribution is -2.53. The van der Waals surface area contributed by atoms with Crippen molar-refractivity contribution in [1.82, 2.24) is 10.2 Å². The second kappa shape index (κ2) is 6.73. The fraction of sp³-hybridized carbons (Fsp3) is 0.667. The number of rotatable bonds is 3. The number of nitrogens with one attached hydrogen (secondary N) is 1. The van der Waals surface area contributed by atoms with Crippen molar-refractivity contribution in [2.45, 2.75) is 51.6 Å². The molecule has 1 saturated carbocycles. The number of nitrogens with zero attached hydrogens (tertiary/aromatic N) is 1. The van der Waals surface area contributed by atoms with E-state index in [1.54, 1.807) is 0 Å². The van der Waals surface area contributed by atoms with E-state index in [2.05, 4.69) is 41.4 Å². The average molecular weight is 272 g/mol. The van der Waals surface area contributed by atoms with Crippen LogP contribution >= 0.6 is 0 Å². The second-order valence-electron chi connectivity index (χ2n) is 6.62. The summed E-state index contributed by atoms with van der Waals surface area (Å²) in [6, 6.07) is 9.56. The molecule has 110 valence electrons. The minimum atomic E-state index is 0.730. The first-order valence-corrected chi connectivity index (χ1v) is 8.33. The van der Waals surface area contributed by atoms with Crippen molar-refractivity contribution in [1.29, 1.82) is 0 Å². The van der Waals surface area contributed by atoms with Gasteiger partial charge in [-0.2, -0.15) is 0 Å². The topological polar surface area (TPSA) is 15.3 Å². The van der Waals surface area contributed by atoms with Crippen LogP contribution in [-0.4, -0.2) is 30.6 Å². The van der Waals surface area contributed by atoms with E-state index >= 15 is 0 Å². The van der Waals surface area contributed by atoms with Crippen LogP contribution in [0.15, 0.2) is 24.3 Å². The molecular weight excluding hydrogens is 244 g/mol. The Hall–Kier alpha value is -0.860. The van der Waals surface area contributed by atoms with Gasteiger partial charge in [0.15, 0.2) is 0 Å². The third kappa shape index (κ3) is 3.42. The van der Waals surface area contributed by atoms with Gasteiger partial charge in [0.25, 0.3) is 0 Å². The Kier molecular flexibility index (Phi) is 4.74. The van der Waals surface area contributed by atoms with E-state index in [0.29, 0.717) is 0 Å². The Labute approximate surface area is 123 Å². The van der Waals surface area contributed by atoms with Gasteiger partial charge in [0.05, 0.1) is 0 Å². The van der Waals surface area contributed by atoms with Crippen molar-refractivity contribution in [3.8, 4) is 0 Å². The van der Waals surface area contributed by atoms with E-state index in [4.69, 9.17) is 0 Å². The van der Waals surface area contributed by atoms with Crippen LogP contribution in [-0.2, 0) is 6.54 Å². The average Bonchev–Trinajstić information content (AvgIpc) is 2.51. The van der Waals surface area contributed by atoms with Gasteiger partial charge in [-0.3, -0.25) is 4.90 Å². The predicted octanol–water partition coefficient (Wildman–Crippen LogP) is 3.35. The summed E-state index contributed by atoms with van der Waals surface area (Å²) in [5.41, 5.74) is 2.93. The van der Waals surface area contributed by atoms with Gasteiger partial charge in [0.1, 0.15) is 0 Å². The number of hydrogen-bond acceptors (Lipinski definition) is 2. The van der Waals surface area contributed by atoms with Crippen LogP contribution in [0.1, 0.15) is 43.2 Å². The molecule has 2 aliphatic rings. The van der Waals surface area contributed by atoms with Gasteiger partial charge in [0, 0.05) is 32.2 Å². The highest BCUT2D eigenvalue weighted by atomic mass is 15.2. The van der Waals surface area contributed by atoms with Crippen LogP contribution in [0.25, 0.3) is 0 Å². The third-order valence-corrected chi connectivity index (χ3v) is 5.16. The monoisotopic (exact) mass is 272 g/mol. The summed E-state index contributed by atoms with van der Waals surface area (Å²) >= 11 is 0. The number of piperazine rings is 1. The predicted molar refractivity (Wildman–Crippen MR) is 84.8 cm³/mol. The molecular formula is C18H28N2. The van der Waals surface area contributed by atoms with Gasteiger partial charge in [-0.05, 0) is 36.8 Å². The van der Waals surface area contributed by atoms with E-state index in [9.17, 15) is 0 Å². The van der Waals surface area contributed by atoms with E-state index in [0.717, 1.165) is 25.0 Å². The normalized spacial score (nSPS) is 25.8. The summed E-state index contributed by atoms with van der Waals surface area (Å²) in [5.74, 6) is 0.920. The Morgan fingerprint density at radius 2 is 1.95 bits per heavy atom. The molecule has 2 nitrogen and oxygen atoms in total. The molecule has 0 spiro atoms. The van der Waals surface area contributed by atoms with E-state index in [-0.39, 0.29) is 0 Å². The number of aryl methyl sites for hydroxylation is 1. The molecule has 0 aromatic heterocycles. The molecule has 0 bridgehead atoms. The lowest BCUT2D eigenvalue weighted by molar-refractivity contribution is 0.141. The minimum absolute atomic E-state index is 0.730. The van der Waals surface area contributed by atoms with Crippen molar-refractivity contribution in [3.05, 3.63) is 35.4 Å². The molecule has 20 heavy (non-hydrogen) atoms. The van der Waals surface area contributed by atoms with Crippen LogP contribution < -0.4 is 5.32 Å². The Morgan fingerprint density at radius 3 is 2.75 bits per heavy atom. The summed E-state index contributed by atoms with van der Waals surface area (Å²) < 4.78 is 0. The molecule has 1 unspecified atom stereocenters. The van der Waals surface area contributed by atoms with Crippen LogP contribution in [0.3, 0.4) is 0 Å². The van der Waals surface area contributed by atoms with Crippen LogP contribution in [0.5, 0.6) is 0 Å². The maximum Gasteiger partial charge on any atom is 0.0237 e. The maximum atomic E-state index is 3.78. The van der Waals surface area contributed by atoms with Crippen LogP contribution in [0.2, 0.25) is 0 Å². The minimum Gasteiger partial charge on any atom is -0.311 e. The lowest BCUT2D eigenvalue weighted by Gasteiger charge is -2.39. The van der Waals surface area contributed by atoms with Gasteiger partial charge in [-0.1, -0.05) is 43.5 Å². The second-order valence-corrected chi connectivity index (χ2v) is 6.62. The van der Waals surface area contributed by atoms with Gasteiger partial charge >= 0.3 is 0 Å². The molecule has 1 atom stereocenters. The van der Waals surface area contributed by atoms with Crippen LogP contribution in [0.4, 0.5) is 0 Å². The van der Waals surface area contributed by atoms with E-state index < -0.39 is 0 Å². The summed E-state index contributed by atoms with van der Waals surface area (Å²) in [7, 11) is 0. The zero-order valence-electron chi connectivity index (χ0n) is 12.8. The Morgan fingerprint density at radius 1 is 1.15 bits per heavy atom. The molecule has 2 fully saturated rings. The van der Waals surface area contributed by atoms with Gasteiger partial charge in [0.2, 0.25) is 0 Å². The molecule has 0 amide bonds. The summed E-state index contributed by atoms with van der Waals surface area (Å²) in [6.07, 6.45) is 7.23. The fourth-order valence-electron chi connectivity index (χ4n) is 3.87. The van der Waals surface area contributed by atoms with E-state index in [1.807, 2.05) is 0 Å². The van der Waals surface area contributed by atoms with Crippen molar-refractivity contribution >= 4 is 0 Å². The largest absolute Gasteiger partial charge is 0.311 e. The van der Waals surface area contributed by atoms with Gasteiger partial charge in [-0.15, -0.1) is 0 Å². The molecule has 1 aliphatic heterocycles. The highest BCUT2D eigenvalue weighted by molar-refractivity contribution is 5.25. The Bertz CT molecular complexity index is 423. The molecule has 1 aliphatic carbocycles. The maximum absolute atomic E-state index is 3.78. The van der Waals surface area contributed by atoms with Crippen molar-refractivity contribution in [2.24, 2.45) is 5.92 Å². The summed E-state index contributed by atoms with van der Waals surface area (Å²) in [4.78, 5) is 2.65. The zero-order chi connectivity index (χ0) is 13.8. The van der Waals surface area contributed by atoms with E-state index in [1.165, 1.54) is 56.3 Å². The number of hydrogen-bond donors (Lipinski definition) is 1. The molecule has 0 radical (unpaired) electrons. The van der Waals surface area contributed by atoms with Gasteiger partial charge < -0.3 is 5.32 Å². The molecule has 1 aromatic rings. The molecule has 1 aromatic carbocycles. The first-order valence-electron chi connectivity index (χ1n) is 8.33. The number of benzene rings is 1. The molecule has 3 rings (SSSR count). The standard InChI is InChI=1S/C18H28N2/c1-15-7-5-6-10-17(15)13-20-12-11-19-18(14-20)16-8-3-2-4-9-16/h5-7,10,16,18-19H,2-4,8-9,11-14H2,1H3. The first-order chi connectivity index (χ1) is 9.83. The lowest BCUT2D eigenvalue weighted by atomic mass is 9.83. The fourth-order valence-corrected chi connectivity index (χ4v) is 3.87. The Balaban J connectivity index is 1.59. The zero-order valence-corrected chi connectivity index (χ0v) is 12.8. The SMILES string of the molecule is Cc1ccccc1CN1CCNC(C2CCCCC2)C1. The highest BCUT2D eigenvalue weighted by Gasteiger charge is 2.27. The van der Waals surface area contributed by atoms with Gasteiger partial charge in [-0.25, -0.2) is 0 Å². The quantitative estimate of drug-likeness (QED) is 0.908. The van der Waals surface area contributed by atoms with Crippen LogP contribution in [0, 0.1) is 12.8 Å². The van der Waals surface area contributed by atoms with Crippen molar-refractivity contribution in [2.75, 3.05) is 19.6 Å². The van der Waals surface area contributed by atoms with Crippen molar-refractivity contribution in [3.63, 3.8) is 0 Å². The highest BCUT2D eigenvalue weighted by Crippen LogP contribution is 2.28.